The summed E-state index contributed by atoms with van der Waals surface area (Å²) < 4.78 is 0. The summed E-state index contributed by atoms with van der Waals surface area (Å²) >= 11 is 0. The van der Waals surface area contributed by atoms with Crippen molar-refractivity contribution in [1.29, 1.82) is 0 Å². The summed E-state index contributed by atoms with van der Waals surface area (Å²) in [4.78, 5) is 20.4. The average molecular weight is 359 g/mol. The van der Waals surface area contributed by atoms with E-state index in [2.05, 4.69) is 32.5 Å². The van der Waals surface area contributed by atoms with Crippen molar-refractivity contribution in [3.63, 3.8) is 0 Å². The maximum atomic E-state index is 11.3. The molecule has 3 rings (SSSR count). The van der Waals surface area contributed by atoms with Crippen molar-refractivity contribution < 1.29 is 4.79 Å². The number of carbonyl (C=O) groups excluding carboxylic acids is 1. The third-order valence-corrected chi connectivity index (χ3v) is 3.66. The Balaban J connectivity index is 1.92. The fourth-order valence-electron chi connectivity index (χ4n) is 2.53. The Morgan fingerprint density at radius 2 is 1.81 bits per heavy atom. The van der Waals surface area contributed by atoms with E-state index in [0.717, 1.165) is 16.9 Å². The Hall–Kier alpha value is -3.67. The summed E-state index contributed by atoms with van der Waals surface area (Å²) in [7, 11) is 0. The molecule has 0 radical (unpaired) electrons. The van der Waals surface area contributed by atoms with Crippen LogP contribution in [0.3, 0.4) is 0 Å². The van der Waals surface area contributed by atoms with E-state index >= 15 is 0 Å². The number of nitrogens with one attached hydrogen (secondary N) is 3. The van der Waals surface area contributed by atoms with Crippen LogP contribution in [0.2, 0.25) is 0 Å². The topological polar surface area (TPSA) is 78.9 Å². The molecule has 136 valence electrons. The second-order valence-electron chi connectivity index (χ2n) is 5.88. The maximum absolute atomic E-state index is 11.3. The highest BCUT2D eigenvalue weighted by Crippen LogP contribution is 2.24. The Morgan fingerprint density at radius 1 is 1.04 bits per heavy atom. The lowest BCUT2D eigenvalue weighted by atomic mass is 10.1. The molecule has 27 heavy (non-hydrogen) atoms. The average Bonchev–Trinajstić information content (AvgIpc) is 2.67. The molecule has 0 aliphatic rings. The van der Waals surface area contributed by atoms with Gasteiger partial charge in [0.05, 0.1) is 5.69 Å². The van der Waals surface area contributed by atoms with Gasteiger partial charge in [0.1, 0.15) is 5.82 Å². The van der Waals surface area contributed by atoms with Crippen LogP contribution in [0.25, 0.3) is 11.3 Å². The van der Waals surface area contributed by atoms with E-state index in [0.29, 0.717) is 24.0 Å². The minimum Gasteiger partial charge on any atom is -0.366 e. The number of rotatable bonds is 7. The third kappa shape index (κ3) is 5.15. The van der Waals surface area contributed by atoms with Crippen LogP contribution in [0.15, 0.2) is 73.3 Å². The second-order valence-corrected chi connectivity index (χ2v) is 5.88. The molecule has 0 bridgehead atoms. The van der Waals surface area contributed by atoms with Gasteiger partial charge in [-0.3, -0.25) is 4.79 Å². The number of hydrogen-bond acceptors (Lipinski definition) is 5. The molecule has 1 heterocycles. The standard InChI is InChI=1S/C21H21N5O/c1-3-12-22-20-14-19(16-8-5-4-6-9-16)25-21(26-20)24-18-11-7-10-17(13-18)23-15(2)27/h3-11,13-14H,1,12H2,2H3,(H,23,27)(H2,22,24,25,26). The van der Waals surface area contributed by atoms with Crippen LogP contribution in [-0.4, -0.2) is 22.4 Å². The van der Waals surface area contributed by atoms with Gasteiger partial charge in [0.25, 0.3) is 0 Å². The fraction of sp³-hybridized carbons (Fsp3) is 0.0952. The lowest BCUT2D eigenvalue weighted by Crippen LogP contribution is -2.07. The van der Waals surface area contributed by atoms with E-state index in [1.807, 2.05) is 60.7 Å². The van der Waals surface area contributed by atoms with Crippen LogP contribution in [0.1, 0.15) is 6.92 Å². The summed E-state index contributed by atoms with van der Waals surface area (Å²) in [6.07, 6.45) is 1.77. The van der Waals surface area contributed by atoms with Gasteiger partial charge in [0.2, 0.25) is 11.9 Å². The second kappa shape index (κ2) is 8.62. The van der Waals surface area contributed by atoms with Gasteiger partial charge in [-0.15, -0.1) is 6.58 Å². The van der Waals surface area contributed by atoms with Crippen molar-refractivity contribution in [2.75, 3.05) is 22.5 Å². The number of benzene rings is 2. The zero-order chi connectivity index (χ0) is 19.1. The highest BCUT2D eigenvalue weighted by Gasteiger charge is 2.07. The first kappa shape index (κ1) is 18.1. The summed E-state index contributed by atoms with van der Waals surface area (Å²) in [5, 5.41) is 9.17. The number of anilines is 4. The highest BCUT2D eigenvalue weighted by atomic mass is 16.1. The molecule has 2 aromatic carbocycles. The molecule has 0 saturated heterocycles. The predicted molar refractivity (Wildman–Crippen MR) is 110 cm³/mol. The van der Waals surface area contributed by atoms with Gasteiger partial charge in [0.15, 0.2) is 0 Å². The molecule has 0 fully saturated rings. The first-order valence-electron chi connectivity index (χ1n) is 8.58. The van der Waals surface area contributed by atoms with Gasteiger partial charge in [-0.1, -0.05) is 42.5 Å². The van der Waals surface area contributed by atoms with Crippen molar-refractivity contribution in [2.24, 2.45) is 0 Å². The summed E-state index contributed by atoms with van der Waals surface area (Å²) in [6.45, 7) is 5.80. The summed E-state index contributed by atoms with van der Waals surface area (Å²) in [5.74, 6) is 1.04. The Morgan fingerprint density at radius 3 is 2.56 bits per heavy atom. The molecule has 0 aliphatic heterocycles. The lowest BCUT2D eigenvalue weighted by Gasteiger charge is -2.11. The van der Waals surface area contributed by atoms with E-state index in [1.54, 1.807) is 6.08 Å². The SMILES string of the molecule is C=CCNc1cc(-c2ccccc2)nc(Nc2cccc(NC(C)=O)c2)n1. The van der Waals surface area contributed by atoms with Gasteiger partial charge in [-0.05, 0) is 18.2 Å². The Bertz CT molecular complexity index is 940. The molecular formula is C21H21N5O. The van der Waals surface area contributed by atoms with Crippen molar-refractivity contribution in [2.45, 2.75) is 6.92 Å². The van der Waals surface area contributed by atoms with Gasteiger partial charge < -0.3 is 16.0 Å². The zero-order valence-electron chi connectivity index (χ0n) is 15.1. The molecule has 3 aromatic rings. The number of amides is 1. The largest absolute Gasteiger partial charge is 0.366 e. The van der Waals surface area contributed by atoms with Crippen LogP contribution in [0.4, 0.5) is 23.1 Å². The van der Waals surface area contributed by atoms with E-state index in [-0.39, 0.29) is 5.91 Å². The molecule has 3 N–H and O–H groups in total. The molecule has 0 atom stereocenters. The van der Waals surface area contributed by atoms with E-state index < -0.39 is 0 Å². The summed E-state index contributed by atoms with van der Waals surface area (Å²) in [5.41, 5.74) is 3.28. The molecule has 0 unspecified atom stereocenters. The van der Waals surface area contributed by atoms with E-state index in [9.17, 15) is 4.79 Å². The number of carbonyl (C=O) groups is 1. The third-order valence-electron chi connectivity index (χ3n) is 3.66. The lowest BCUT2D eigenvalue weighted by molar-refractivity contribution is -0.114. The van der Waals surface area contributed by atoms with Gasteiger partial charge >= 0.3 is 0 Å². The van der Waals surface area contributed by atoms with Crippen LogP contribution in [-0.2, 0) is 4.79 Å². The van der Waals surface area contributed by atoms with Gasteiger partial charge in [-0.25, -0.2) is 4.98 Å². The molecule has 6 nitrogen and oxygen atoms in total. The normalized spacial score (nSPS) is 10.1. The monoisotopic (exact) mass is 359 g/mol. The quantitative estimate of drug-likeness (QED) is 0.543. The van der Waals surface area contributed by atoms with Crippen LogP contribution in [0.5, 0.6) is 0 Å². The van der Waals surface area contributed by atoms with E-state index in [4.69, 9.17) is 0 Å². The van der Waals surface area contributed by atoms with Crippen molar-refractivity contribution in [3.8, 4) is 11.3 Å². The molecule has 0 aliphatic carbocycles. The smallest absolute Gasteiger partial charge is 0.229 e. The Labute approximate surface area is 158 Å². The fourth-order valence-corrected chi connectivity index (χ4v) is 2.53. The number of aromatic nitrogens is 2. The van der Waals surface area contributed by atoms with Crippen LogP contribution in [0, 0.1) is 0 Å². The van der Waals surface area contributed by atoms with E-state index in [1.165, 1.54) is 6.92 Å². The van der Waals surface area contributed by atoms with Crippen LogP contribution < -0.4 is 16.0 Å². The predicted octanol–water partition coefficient (Wildman–Crippen LogP) is 4.44. The minimum absolute atomic E-state index is 0.120. The van der Waals surface area contributed by atoms with Gasteiger partial charge in [-0.2, -0.15) is 4.98 Å². The number of hydrogen-bond donors (Lipinski definition) is 3. The zero-order valence-corrected chi connectivity index (χ0v) is 15.1. The molecular weight excluding hydrogens is 338 g/mol. The summed E-state index contributed by atoms with van der Waals surface area (Å²) in [6, 6.07) is 19.2. The van der Waals surface area contributed by atoms with Crippen molar-refractivity contribution in [1.82, 2.24) is 9.97 Å². The van der Waals surface area contributed by atoms with Crippen molar-refractivity contribution >= 4 is 29.0 Å². The van der Waals surface area contributed by atoms with Crippen molar-refractivity contribution in [3.05, 3.63) is 73.3 Å². The highest BCUT2D eigenvalue weighted by molar-refractivity contribution is 5.89. The molecule has 1 aromatic heterocycles. The Kier molecular flexibility index (Phi) is 5.79. The first-order chi connectivity index (χ1) is 13.1. The molecule has 6 heteroatoms. The first-order valence-corrected chi connectivity index (χ1v) is 8.58. The molecule has 0 spiro atoms. The minimum atomic E-state index is -0.120. The van der Waals surface area contributed by atoms with Crippen LogP contribution >= 0.6 is 0 Å². The maximum Gasteiger partial charge on any atom is 0.229 e. The number of nitrogens with zero attached hydrogens (tertiary/aromatic N) is 2. The van der Waals surface area contributed by atoms with Gasteiger partial charge in [0, 0.05) is 36.5 Å². The molecule has 1 amide bonds. The molecule has 0 saturated carbocycles.